The minimum absolute atomic E-state index is 0.122. The molecule has 0 heterocycles. The van der Waals surface area contributed by atoms with Crippen molar-refractivity contribution in [1.82, 2.24) is 10.6 Å². The number of Topliss-reactive ketones (excluding diaryl/α,β-unsaturated/α-hetero) is 1. The zero-order valence-electron chi connectivity index (χ0n) is 16.5. The second-order valence-electron chi connectivity index (χ2n) is 7.85. The van der Waals surface area contributed by atoms with Gasteiger partial charge in [-0.15, -0.1) is 0 Å². The number of nitrogens with one attached hydrogen (secondary N) is 2. The summed E-state index contributed by atoms with van der Waals surface area (Å²) >= 11 is 0. The number of amides is 2. The quantitative estimate of drug-likeness (QED) is 0.781. The summed E-state index contributed by atoms with van der Waals surface area (Å²) in [5, 5.41) is 5.36. The highest BCUT2D eigenvalue weighted by molar-refractivity contribution is 5.91. The van der Waals surface area contributed by atoms with Crippen LogP contribution in [0.1, 0.15) is 47.1 Å². The number of alkyl carbamates (subject to hydrolysis) is 1. The van der Waals surface area contributed by atoms with Crippen molar-refractivity contribution in [3.8, 4) is 0 Å². The molecule has 0 spiro atoms. The molecule has 0 saturated heterocycles. The first-order valence-corrected chi connectivity index (χ1v) is 8.80. The smallest absolute Gasteiger partial charge is 0.408 e. The van der Waals surface area contributed by atoms with Gasteiger partial charge in [-0.3, -0.25) is 9.59 Å². The van der Waals surface area contributed by atoms with Gasteiger partial charge in [0, 0.05) is 0 Å². The molecule has 26 heavy (non-hydrogen) atoms. The van der Waals surface area contributed by atoms with Crippen LogP contribution in [0, 0.1) is 11.3 Å². The second-order valence-corrected chi connectivity index (χ2v) is 7.85. The van der Waals surface area contributed by atoms with Gasteiger partial charge in [0.25, 0.3) is 0 Å². The average Bonchev–Trinajstić information content (AvgIpc) is 2.54. The van der Waals surface area contributed by atoms with E-state index in [1.807, 2.05) is 65.0 Å². The second kappa shape index (κ2) is 9.36. The summed E-state index contributed by atoms with van der Waals surface area (Å²) in [7, 11) is 0. The molecule has 6 heteroatoms. The third kappa shape index (κ3) is 6.86. The predicted molar refractivity (Wildman–Crippen MR) is 100 cm³/mol. The Kier molecular flexibility index (Phi) is 7.80. The SMILES string of the molecule is CC(=O)[C@@H](NC(=O)[C@@H](NC(=O)OCc1ccccc1)C(C)C)C(C)(C)C. The molecule has 0 aliphatic rings. The molecule has 0 aliphatic heterocycles. The molecule has 0 aromatic heterocycles. The molecule has 1 aromatic carbocycles. The zero-order valence-corrected chi connectivity index (χ0v) is 16.5. The van der Waals surface area contributed by atoms with E-state index >= 15 is 0 Å². The van der Waals surface area contributed by atoms with Crippen molar-refractivity contribution in [1.29, 1.82) is 0 Å². The fraction of sp³-hybridized carbons (Fsp3) is 0.550. The highest BCUT2D eigenvalue weighted by Gasteiger charge is 2.33. The lowest BCUT2D eigenvalue weighted by Gasteiger charge is -2.31. The lowest BCUT2D eigenvalue weighted by atomic mass is 9.84. The largest absolute Gasteiger partial charge is 0.445 e. The standard InChI is InChI=1S/C20H30N2O4/c1-13(2)16(18(24)22-17(14(3)23)20(4,5)6)21-19(25)26-12-15-10-8-7-9-11-15/h7-11,13,16-17H,12H2,1-6H3,(H,21,25)(H,22,24)/t16-,17+/m0/s1. The molecule has 1 rings (SSSR count). The molecule has 2 amide bonds. The zero-order chi connectivity index (χ0) is 19.9. The molecule has 0 radical (unpaired) electrons. The molecule has 6 nitrogen and oxygen atoms in total. The van der Waals surface area contributed by atoms with Crippen LogP contribution in [0.3, 0.4) is 0 Å². The van der Waals surface area contributed by atoms with Crippen molar-refractivity contribution in [2.24, 2.45) is 11.3 Å². The summed E-state index contributed by atoms with van der Waals surface area (Å²) in [5.74, 6) is -0.682. The van der Waals surface area contributed by atoms with Gasteiger partial charge in [0.05, 0.1) is 6.04 Å². The van der Waals surface area contributed by atoms with E-state index in [2.05, 4.69) is 10.6 Å². The van der Waals surface area contributed by atoms with Crippen LogP contribution in [0.2, 0.25) is 0 Å². The lowest BCUT2D eigenvalue weighted by molar-refractivity contribution is -0.131. The fourth-order valence-corrected chi connectivity index (χ4v) is 2.59. The minimum atomic E-state index is -0.789. The predicted octanol–water partition coefficient (Wildman–Crippen LogP) is 3.06. The van der Waals surface area contributed by atoms with Gasteiger partial charge in [-0.2, -0.15) is 0 Å². The molecule has 0 aliphatic carbocycles. The number of benzene rings is 1. The van der Waals surface area contributed by atoms with Crippen LogP contribution in [0.15, 0.2) is 30.3 Å². The Morgan fingerprint density at radius 1 is 1.04 bits per heavy atom. The normalized spacial score (nSPS) is 13.7. The van der Waals surface area contributed by atoms with Gasteiger partial charge in [-0.05, 0) is 23.8 Å². The number of carbonyl (C=O) groups excluding carboxylic acids is 3. The lowest BCUT2D eigenvalue weighted by Crippen LogP contribution is -2.56. The van der Waals surface area contributed by atoms with Gasteiger partial charge in [-0.1, -0.05) is 65.0 Å². The van der Waals surface area contributed by atoms with Gasteiger partial charge in [0.2, 0.25) is 5.91 Å². The third-order valence-electron chi connectivity index (χ3n) is 3.99. The van der Waals surface area contributed by atoms with Crippen LogP contribution in [-0.4, -0.2) is 29.9 Å². The van der Waals surface area contributed by atoms with Crippen molar-refractivity contribution < 1.29 is 19.1 Å². The summed E-state index contributed by atoms with van der Waals surface area (Å²) in [6.07, 6.45) is -0.669. The Morgan fingerprint density at radius 3 is 2.08 bits per heavy atom. The highest BCUT2D eigenvalue weighted by atomic mass is 16.5. The van der Waals surface area contributed by atoms with E-state index < -0.39 is 29.5 Å². The van der Waals surface area contributed by atoms with Gasteiger partial charge < -0.3 is 15.4 Å². The van der Waals surface area contributed by atoms with Gasteiger partial charge >= 0.3 is 6.09 Å². The van der Waals surface area contributed by atoms with Crippen molar-refractivity contribution in [3.63, 3.8) is 0 Å². The molecule has 0 saturated carbocycles. The van der Waals surface area contributed by atoms with E-state index in [0.29, 0.717) is 0 Å². The number of rotatable bonds is 7. The van der Waals surface area contributed by atoms with E-state index in [4.69, 9.17) is 4.74 Å². The molecule has 2 N–H and O–H groups in total. The highest BCUT2D eigenvalue weighted by Crippen LogP contribution is 2.20. The Hall–Kier alpha value is -2.37. The van der Waals surface area contributed by atoms with E-state index in [1.165, 1.54) is 6.92 Å². The summed E-state index contributed by atoms with van der Waals surface area (Å²) < 4.78 is 5.18. The Bertz CT molecular complexity index is 620. The topological polar surface area (TPSA) is 84.5 Å². The molecule has 144 valence electrons. The average molecular weight is 362 g/mol. The molecule has 0 unspecified atom stereocenters. The Morgan fingerprint density at radius 2 is 1.62 bits per heavy atom. The maximum Gasteiger partial charge on any atom is 0.408 e. The van der Waals surface area contributed by atoms with E-state index in [1.54, 1.807) is 0 Å². The first kappa shape index (κ1) is 21.7. The molecule has 0 fully saturated rings. The summed E-state index contributed by atoms with van der Waals surface area (Å²) in [4.78, 5) is 36.6. The number of hydrogen-bond acceptors (Lipinski definition) is 4. The summed E-state index contributed by atoms with van der Waals surface area (Å²) in [6, 6.07) is 7.87. The van der Waals surface area contributed by atoms with Crippen LogP contribution >= 0.6 is 0 Å². The molecule has 2 atom stereocenters. The van der Waals surface area contributed by atoms with Crippen molar-refractivity contribution in [2.75, 3.05) is 0 Å². The van der Waals surface area contributed by atoms with Crippen molar-refractivity contribution in [3.05, 3.63) is 35.9 Å². The van der Waals surface area contributed by atoms with Crippen molar-refractivity contribution in [2.45, 2.75) is 60.2 Å². The third-order valence-corrected chi connectivity index (χ3v) is 3.99. The maximum absolute atomic E-state index is 12.6. The van der Waals surface area contributed by atoms with Crippen molar-refractivity contribution >= 4 is 17.8 Å². The first-order valence-electron chi connectivity index (χ1n) is 8.80. The number of ether oxygens (including phenoxy) is 1. The summed E-state index contributed by atoms with van der Waals surface area (Å²) in [6.45, 7) is 10.9. The Labute approximate surface area is 155 Å². The minimum Gasteiger partial charge on any atom is -0.445 e. The van der Waals surface area contributed by atoms with Crippen LogP contribution in [0.4, 0.5) is 4.79 Å². The van der Waals surface area contributed by atoms with Crippen LogP contribution in [0.25, 0.3) is 0 Å². The molecule has 1 aromatic rings. The fourth-order valence-electron chi connectivity index (χ4n) is 2.59. The maximum atomic E-state index is 12.6. The molecular weight excluding hydrogens is 332 g/mol. The van der Waals surface area contributed by atoms with Crippen LogP contribution in [0.5, 0.6) is 0 Å². The Balaban J connectivity index is 2.70. The van der Waals surface area contributed by atoms with E-state index in [9.17, 15) is 14.4 Å². The van der Waals surface area contributed by atoms with E-state index in [-0.39, 0.29) is 18.3 Å². The van der Waals surface area contributed by atoms with Gasteiger partial charge in [-0.25, -0.2) is 4.79 Å². The number of ketones is 1. The van der Waals surface area contributed by atoms with Gasteiger partial charge in [0.1, 0.15) is 12.6 Å². The molecular formula is C20H30N2O4. The van der Waals surface area contributed by atoms with E-state index in [0.717, 1.165) is 5.56 Å². The summed E-state index contributed by atoms with van der Waals surface area (Å²) in [5.41, 5.74) is 0.439. The van der Waals surface area contributed by atoms with Crippen LogP contribution in [-0.2, 0) is 20.9 Å². The molecule has 0 bridgehead atoms. The number of hydrogen-bond donors (Lipinski definition) is 2. The number of carbonyl (C=O) groups is 3. The van der Waals surface area contributed by atoms with Gasteiger partial charge in [0.15, 0.2) is 5.78 Å². The first-order chi connectivity index (χ1) is 12.0. The van der Waals surface area contributed by atoms with Crippen LogP contribution < -0.4 is 10.6 Å². The monoisotopic (exact) mass is 362 g/mol.